The number of carbonyl (C=O) groups excluding carboxylic acids is 1. The monoisotopic (exact) mass is 323 g/mol. The van der Waals surface area contributed by atoms with Crippen LogP contribution in [-0.2, 0) is 10.0 Å². The molecule has 0 spiro atoms. The predicted molar refractivity (Wildman–Crippen MR) is 79.9 cm³/mol. The van der Waals surface area contributed by atoms with Crippen molar-refractivity contribution in [2.24, 2.45) is 0 Å². The molecule has 0 unspecified atom stereocenters. The maximum atomic E-state index is 12.6. The van der Waals surface area contributed by atoms with Gasteiger partial charge in [-0.15, -0.1) is 0 Å². The van der Waals surface area contributed by atoms with Crippen LogP contribution in [0.4, 0.5) is 0 Å². The third kappa shape index (κ3) is 2.57. The molecule has 2 aromatic rings. The van der Waals surface area contributed by atoms with Gasteiger partial charge in [0.15, 0.2) is 5.65 Å². The second-order valence-electron chi connectivity index (χ2n) is 5.04. The Morgan fingerprint density at radius 1 is 1.27 bits per heavy atom. The second-order valence-corrected chi connectivity index (χ2v) is 7.30. The summed E-state index contributed by atoms with van der Waals surface area (Å²) in [6, 6.07) is 1.74. The van der Waals surface area contributed by atoms with E-state index in [1.54, 1.807) is 34.8 Å². The molecule has 0 N–H and O–H groups in total. The lowest BCUT2D eigenvalue weighted by Crippen LogP contribution is -2.50. The Kier molecular flexibility index (Phi) is 3.83. The molecule has 118 valence electrons. The molecule has 8 nitrogen and oxygen atoms in total. The van der Waals surface area contributed by atoms with Gasteiger partial charge in [-0.1, -0.05) is 0 Å². The van der Waals surface area contributed by atoms with Crippen LogP contribution in [0.3, 0.4) is 0 Å². The van der Waals surface area contributed by atoms with E-state index in [9.17, 15) is 13.2 Å². The van der Waals surface area contributed by atoms with Gasteiger partial charge in [0.05, 0.1) is 11.9 Å². The molecule has 1 fully saturated rings. The van der Waals surface area contributed by atoms with Crippen LogP contribution in [0.15, 0.2) is 24.7 Å². The fraction of sp³-hybridized carbons (Fsp3) is 0.462. The van der Waals surface area contributed by atoms with Gasteiger partial charge in [0.2, 0.25) is 10.0 Å². The average Bonchev–Trinajstić information content (AvgIpc) is 2.98. The molecule has 0 aliphatic carbocycles. The molecule has 0 atom stereocenters. The van der Waals surface area contributed by atoms with Crippen molar-refractivity contribution in [1.82, 2.24) is 23.8 Å². The summed E-state index contributed by atoms with van der Waals surface area (Å²) in [7, 11) is -3.19. The molecule has 0 aromatic carbocycles. The Bertz CT molecular complexity index is 793. The topological polar surface area (TPSA) is 87.9 Å². The normalized spacial score (nSPS) is 17.0. The lowest BCUT2D eigenvalue weighted by molar-refractivity contribution is 0.0699. The van der Waals surface area contributed by atoms with E-state index in [1.807, 2.05) is 0 Å². The minimum absolute atomic E-state index is 0.0823. The van der Waals surface area contributed by atoms with E-state index in [-0.39, 0.29) is 11.7 Å². The number of amides is 1. The highest BCUT2D eigenvalue weighted by atomic mass is 32.2. The zero-order valence-electron chi connectivity index (χ0n) is 12.2. The van der Waals surface area contributed by atoms with Gasteiger partial charge >= 0.3 is 0 Å². The summed E-state index contributed by atoms with van der Waals surface area (Å²) in [5.74, 6) is -0.0823. The van der Waals surface area contributed by atoms with Crippen molar-refractivity contribution in [3.05, 3.63) is 30.2 Å². The lowest BCUT2D eigenvalue weighted by atomic mass is 10.2. The Labute approximate surface area is 128 Å². The van der Waals surface area contributed by atoms with Crippen molar-refractivity contribution in [3.63, 3.8) is 0 Å². The summed E-state index contributed by atoms with van der Waals surface area (Å²) in [6.45, 7) is 3.03. The van der Waals surface area contributed by atoms with E-state index in [1.165, 1.54) is 10.5 Å². The quantitative estimate of drug-likeness (QED) is 0.783. The highest BCUT2D eigenvalue weighted by molar-refractivity contribution is 7.89. The van der Waals surface area contributed by atoms with Crippen molar-refractivity contribution in [3.8, 4) is 0 Å². The number of aromatic nitrogens is 3. The first kappa shape index (κ1) is 14.9. The molecule has 0 radical (unpaired) electrons. The summed E-state index contributed by atoms with van der Waals surface area (Å²) in [4.78, 5) is 18.4. The minimum atomic E-state index is -3.19. The summed E-state index contributed by atoms with van der Waals surface area (Å²) < 4.78 is 26.6. The highest BCUT2D eigenvalue weighted by Crippen LogP contribution is 2.14. The molecule has 1 aliphatic rings. The van der Waals surface area contributed by atoms with E-state index >= 15 is 0 Å². The molecule has 0 bridgehead atoms. The van der Waals surface area contributed by atoms with Gasteiger partial charge in [0.1, 0.15) is 5.56 Å². The number of hydrogen-bond donors (Lipinski definition) is 0. The van der Waals surface area contributed by atoms with Crippen molar-refractivity contribution in [2.75, 3.05) is 31.9 Å². The molecular weight excluding hydrogens is 306 g/mol. The van der Waals surface area contributed by atoms with E-state index < -0.39 is 10.0 Å². The first-order valence-electron chi connectivity index (χ1n) is 7.08. The van der Waals surface area contributed by atoms with Gasteiger partial charge in [-0.25, -0.2) is 17.9 Å². The number of fused-ring (bicyclic) bond motifs is 1. The van der Waals surface area contributed by atoms with Gasteiger partial charge < -0.3 is 4.90 Å². The Hall–Kier alpha value is -2.00. The van der Waals surface area contributed by atoms with Gasteiger partial charge in [-0.05, 0) is 13.0 Å². The van der Waals surface area contributed by atoms with Gasteiger partial charge in [-0.3, -0.25) is 4.79 Å². The zero-order valence-corrected chi connectivity index (χ0v) is 13.0. The first-order chi connectivity index (χ1) is 10.5. The molecule has 3 rings (SSSR count). The largest absolute Gasteiger partial charge is 0.336 e. The maximum absolute atomic E-state index is 12.6. The number of piperazine rings is 1. The summed E-state index contributed by atoms with van der Waals surface area (Å²) in [5, 5.41) is 4.10. The van der Waals surface area contributed by atoms with Crippen LogP contribution in [-0.4, -0.2) is 70.1 Å². The van der Waals surface area contributed by atoms with Crippen LogP contribution in [0, 0.1) is 0 Å². The van der Waals surface area contributed by atoms with Crippen molar-refractivity contribution in [1.29, 1.82) is 0 Å². The van der Waals surface area contributed by atoms with Crippen LogP contribution < -0.4 is 0 Å². The zero-order chi connectivity index (χ0) is 15.7. The summed E-state index contributed by atoms with van der Waals surface area (Å²) in [5.41, 5.74) is 0.948. The number of rotatable bonds is 3. The van der Waals surface area contributed by atoms with Crippen LogP contribution in [0.2, 0.25) is 0 Å². The SMILES string of the molecule is CCS(=O)(=O)N1CCN(C(=O)c2cnn3cccnc23)CC1. The second kappa shape index (κ2) is 5.65. The number of sulfonamides is 1. The fourth-order valence-electron chi connectivity index (χ4n) is 2.50. The first-order valence-corrected chi connectivity index (χ1v) is 8.69. The molecule has 9 heteroatoms. The molecule has 2 aromatic heterocycles. The smallest absolute Gasteiger partial charge is 0.259 e. The van der Waals surface area contributed by atoms with Gasteiger partial charge in [-0.2, -0.15) is 9.40 Å². The Balaban J connectivity index is 1.75. The number of carbonyl (C=O) groups is 1. The number of nitrogens with zero attached hydrogens (tertiary/aromatic N) is 5. The molecule has 22 heavy (non-hydrogen) atoms. The minimum Gasteiger partial charge on any atom is -0.336 e. The maximum Gasteiger partial charge on any atom is 0.259 e. The summed E-state index contributed by atoms with van der Waals surface area (Å²) >= 11 is 0. The van der Waals surface area contributed by atoms with Crippen molar-refractivity contribution < 1.29 is 13.2 Å². The highest BCUT2D eigenvalue weighted by Gasteiger charge is 2.29. The van der Waals surface area contributed by atoms with Crippen LogP contribution in [0.1, 0.15) is 17.3 Å². The predicted octanol–water partition coefficient (Wildman–Crippen LogP) is -0.163. The average molecular weight is 323 g/mol. The molecule has 1 aliphatic heterocycles. The lowest BCUT2D eigenvalue weighted by Gasteiger charge is -2.33. The Morgan fingerprint density at radius 2 is 2.00 bits per heavy atom. The van der Waals surface area contributed by atoms with E-state index in [2.05, 4.69) is 10.1 Å². The van der Waals surface area contributed by atoms with Crippen LogP contribution in [0.25, 0.3) is 5.65 Å². The van der Waals surface area contributed by atoms with Gasteiger partial charge in [0, 0.05) is 38.6 Å². The molecule has 0 saturated carbocycles. The standard InChI is InChI=1S/C13H17N5O3S/c1-2-22(20,21)17-8-6-16(7-9-17)13(19)11-10-15-18-5-3-4-14-12(11)18/h3-5,10H,2,6-9H2,1H3. The van der Waals surface area contributed by atoms with Crippen molar-refractivity contribution in [2.45, 2.75) is 6.92 Å². The molecule has 3 heterocycles. The van der Waals surface area contributed by atoms with E-state index in [4.69, 9.17) is 0 Å². The van der Waals surface area contributed by atoms with E-state index in [0.29, 0.717) is 37.4 Å². The molecule has 1 saturated heterocycles. The third-order valence-corrected chi connectivity index (χ3v) is 5.68. The molecule has 1 amide bonds. The Morgan fingerprint density at radius 3 is 2.68 bits per heavy atom. The fourth-order valence-corrected chi connectivity index (χ4v) is 3.59. The van der Waals surface area contributed by atoms with E-state index in [0.717, 1.165) is 0 Å². The molecular formula is C13H17N5O3S. The van der Waals surface area contributed by atoms with Crippen LogP contribution in [0.5, 0.6) is 0 Å². The van der Waals surface area contributed by atoms with Gasteiger partial charge in [0.25, 0.3) is 5.91 Å². The number of hydrogen-bond acceptors (Lipinski definition) is 5. The third-order valence-electron chi connectivity index (χ3n) is 3.79. The summed E-state index contributed by atoms with van der Waals surface area (Å²) in [6.07, 6.45) is 4.84. The van der Waals surface area contributed by atoms with Crippen LogP contribution >= 0.6 is 0 Å². The van der Waals surface area contributed by atoms with Crippen molar-refractivity contribution >= 4 is 21.6 Å².